The van der Waals surface area contributed by atoms with Gasteiger partial charge in [-0.15, -0.1) is 0 Å². The van der Waals surface area contributed by atoms with E-state index < -0.39 is 0 Å². The monoisotopic (exact) mass is 341 g/mol. The van der Waals surface area contributed by atoms with Crippen molar-refractivity contribution in [3.63, 3.8) is 0 Å². The second-order valence-electron chi connectivity index (χ2n) is 6.40. The molecule has 0 saturated carbocycles. The van der Waals surface area contributed by atoms with Crippen molar-refractivity contribution in [2.75, 3.05) is 20.8 Å². The zero-order valence-corrected chi connectivity index (χ0v) is 15.4. The lowest BCUT2D eigenvalue weighted by atomic mass is 9.86. The van der Waals surface area contributed by atoms with Crippen LogP contribution in [0.25, 0.3) is 0 Å². The van der Waals surface area contributed by atoms with Gasteiger partial charge in [0.2, 0.25) is 0 Å². The number of ether oxygens (including phenoxy) is 2. The molecule has 0 aliphatic carbocycles. The zero-order valence-electron chi connectivity index (χ0n) is 15.4. The molecule has 2 aromatic rings. The Morgan fingerprint density at radius 2 is 1.44 bits per heavy atom. The van der Waals surface area contributed by atoms with Crippen molar-refractivity contribution >= 4 is 5.91 Å². The number of amides is 1. The molecular formula is C21H27NO3. The number of carbonyl (C=O) groups is 1. The molecule has 0 fully saturated rings. The zero-order chi connectivity index (χ0) is 18.2. The van der Waals surface area contributed by atoms with Crippen molar-refractivity contribution in [3.05, 3.63) is 59.7 Å². The van der Waals surface area contributed by atoms with Crippen LogP contribution in [0, 0.1) is 5.92 Å². The second-order valence-corrected chi connectivity index (χ2v) is 6.40. The first kappa shape index (κ1) is 18.8. The van der Waals surface area contributed by atoms with Crippen LogP contribution in [0.4, 0.5) is 0 Å². The molecule has 1 amide bonds. The number of hydrogen-bond acceptors (Lipinski definition) is 3. The summed E-state index contributed by atoms with van der Waals surface area (Å²) < 4.78 is 10.3. The van der Waals surface area contributed by atoms with Gasteiger partial charge < -0.3 is 14.8 Å². The Balaban J connectivity index is 1.92. The maximum absolute atomic E-state index is 12.2. The van der Waals surface area contributed by atoms with E-state index in [1.165, 1.54) is 5.56 Å². The predicted molar refractivity (Wildman–Crippen MR) is 101 cm³/mol. The Labute approximate surface area is 150 Å². The van der Waals surface area contributed by atoms with Gasteiger partial charge in [0.05, 0.1) is 14.2 Å². The van der Waals surface area contributed by atoms with Gasteiger partial charge in [-0.05, 0) is 60.2 Å². The smallest absolute Gasteiger partial charge is 0.251 e. The maximum atomic E-state index is 12.2. The van der Waals surface area contributed by atoms with Crippen molar-refractivity contribution in [3.8, 4) is 11.5 Å². The highest BCUT2D eigenvalue weighted by molar-refractivity contribution is 5.94. The van der Waals surface area contributed by atoms with E-state index in [0.717, 1.165) is 17.9 Å². The fourth-order valence-electron chi connectivity index (χ4n) is 2.92. The van der Waals surface area contributed by atoms with Crippen LogP contribution < -0.4 is 14.8 Å². The molecular weight excluding hydrogens is 314 g/mol. The fraction of sp³-hybridized carbons (Fsp3) is 0.381. The van der Waals surface area contributed by atoms with E-state index in [9.17, 15) is 4.79 Å². The molecule has 0 aromatic heterocycles. The van der Waals surface area contributed by atoms with E-state index in [4.69, 9.17) is 9.47 Å². The van der Waals surface area contributed by atoms with Crippen LogP contribution in [-0.4, -0.2) is 26.7 Å². The van der Waals surface area contributed by atoms with Crippen molar-refractivity contribution in [2.24, 2.45) is 5.92 Å². The predicted octanol–water partition coefficient (Wildman–Crippen LogP) is 4.26. The molecule has 0 spiro atoms. The molecule has 4 heteroatoms. The Morgan fingerprint density at radius 3 is 1.92 bits per heavy atom. The average Bonchev–Trinajstić information content (AvgIpc) is 2.65. The van der Waals surface area contributed by atoms with Gasteiger partial charge in [-0.2, -0.15) is 0 Å². The molecule has 0 aliphatic rings. The normalized spacial score (nSPS) is 11.9. The molecule has 2 rings (SSSR count). The van der Waals surface area contributed by atoms with Gasteiger partial charge in [0.25, 0.3) is 5.91 Å². The maximum Gasteiger partial charge on any atom is 0.251 e. The van der Waals surface area contributed by atoms with Crippen LogP contribution in [0.1, 0.15) is 42.1 Å². The lowest BCUT2D eigenvalue weighted by molar-refractivity contribution is 0.0951. The van der Waals surface area contributed by atoms with Crippen LogP contribution in [0.3, 0.4) is 0 Å². The molecule has 25 heavy (non-hydrogen) atoms. The van der Waals surface area contributed by atoms with E-state index in [1.54, 1.807) is 38.5 Å². The van der Waals surface area contributed by atoms with Gasteiger partial charge in [-0.1, -0.05) is 26.0 Å². The van der Waals surface area contributed by atoms with Gasteiger partial charge in [-0.25, -0.2) is 0 Å². The van der Waals surface area contributed by atoms with Gasteiger partial charge >= 0.3 is 0 Å². The first-order valence-corrected chi connectivity index (χ1v) is 8.61. The summed E-state index contributed by atoms with van der Waals surface area (Å²) in [6.45, 7) is 5.06. The minimum Gasteiger partial charge on any atom is -0.497 e. The molecule has 0 unspecified atom stereocenters. The quantitative estimate of drug-likeness (QED) is 0.780. The molecule has 4 nitrogen and oxygen atoms in total. The van der Waals surface area contributed by atoms with Crippen LogP contribution in [0.5, 0.6) is 11.5 Å². The molecule has 0 radical (unpaired) electrons. The Bertz CT molecular complexity index is 663. The Morgan fingerprint density at radius 1 is 0.920 bits per heavy atom. The van der Waals surface area contributed by atoms with Crippen molar-refractivity contribution in [1.82, 2.24) is 5.32 Å². The van der Waals surface area contributed by atoms with Crippen LogP contribution in [0.2, 0.25) is 0 Å². The van der Waals surface area contributed by atoms with E-state index in [0.29, 0.717) is 23.9 Å². The highest BCUT2D eigenvalue weighted by Crippen LogP contribution is 2.28. The van der Waals surface area contributed by atoms with E-state index in [1.807, 2.05) is 12.1 Å². The Hall–Kier alpha value is -2.49. The first-order chi connectivity index (χ1) is 12.0. The van der Waals surface area contributed by atoms with Gasteiger partial charge in [0, 0.05) is 12.1 Å². The number of methoxy groups -OCH3 is 2. The minimum absolute atomic E-state index is 0.0557. The topological polar surface area (TPSA) is 47.6 Å². The third kappa shape index (κ3) is 5.24. The van der Waals surface area contributed by atoms with E-state index >= 15 is 0 Å². The summed E-state index contributed by atoms with van der Waals surface area (Å²) >= 11 is 0. The molecule has 0 saturated heterocycles. The minimum atomic E-state index is -0.0557. The molecule has 1 atom stereocenters. The highest BCUT2D eigenvalue weighted by atomic mass is 16.5. The first-order valence-electron chi connectivity index (χ1n) is 8.61. The highest BCUT2D eigenvalue weighted by Gasteiger charge is 2.16. The molecule has 134 valence electrons. The number of rotatable bonds is 8. The van der Waals surface area contributed by atoms with Crippen molar-refractivity contribution in [2.45, 2.75) is 26.2 Å². The number of hydrogen-bond donors (Lipinski definition) is 1. The number of carbonyl (C=O) groups excluding carboxylic acids is 1. The van der Waals surface area contributed by atoms with Crippen LogP contribution >= 0.6 is 0 Å². The third-order valence-corrected chi connectivity index (χ3v) is 4.44. The molecule has 1 N–H and O–H groups in total. The van der Waals surface area contributed by atoms with Gasteiger partial charge in [0.15, 0.2) is 0 Å². The SMILES string of the molecule is COc1ccc(C(=O)NCC[C@H](c2ccc(OC)cc2)C(C)C)cc1. The summed E-state index contributed by atoms with van der Waals surface area (Å²) in [5, 5.41) is 3.01. The second kappa shape index (κ2) is 9.11. The summed E-state index contributed by atoms with van der Waals surface area (Å²) in [5.74, 6) is 2.43. The van der Waals surface area contributed by atoms with Gasteiger partial charge in [-0.3, -0.25) is 4.79 Å². The standard InChI is InChI=1S/C21H27NO3/c1-15(2)20(16-5-9-18(24-3)10-6-16)13-14-22-21(23)17-7-11-19(25-4)12-8-17/h5-12,15,20H,13-14H2,1-4H3,(H,22,23)/t20-/m0/s1. The number of nitrogens with one attached hydrogen (secondary N) is 1. The summed E-state index contributed by atoms with van der Waals surface area (Å²) in [4.78, 5) is 12.2. The summed E-state index contributed by atoms with van der Waals surface area (Å²) in [6, 6.07) is 15.3. The summed E-state index contributed by atoms with van der Waals surface area (Å²) in [5.41, 5.74) is 1.92. The fourth-order valence-corrected chi connectivity index (χ4v) is 2.92. The summed E-state index contributed by atoms with van der Waals surface area (Å²) in [6.07, 6.45) is 0.895. The summed E-state index contributed by atoms with van der Waals surface area (Å²) in [7, 11) is 3.28. The van der Waals surface area contributed by atoms with Crippen LogP contribution in [-0.2, 0) is 0 Å². The average molecular weight is 341 g/mol. The van der Waals surface area contributed by atoms with Crippen molar-refractivity contribution < 1.29 is 14.3 Å². The van der Waals surface area contributed by atoms with Crippen molar-refractivity contribution in [1.29, 1.82) is 0 Å². The molecule has 0 aliphatic heterocycles. The molecule has 0 bridgehead atoms. The Kier molecular flexibility index (Phi) is 6.87. The lowest BCUT2D eigenvalue weighted by Crippen LogP contribution is -2.26. The van der Waals surface area contributed by atoms with E-state index in [-0.39, 0.29) is 5.91 Å². The lowest BCUT2D eigenvalue weighted by Gasteiger charge is -2.22. The largest absolute Gasteiger partial charge is 0.497 e. The van der Waals surface area contributed by atoms with Crippen LogP contribution in [0.15, 0.2) is 48.5 Å². The van der Waals surface area contributed by atoms with E-state index in [2.05, 4.69) is 31.3 Å². The molecule has 2 aromatic carbocycles. The van der Waals surface area contributed by atoms with Gasteiger partial charge in [0.1, 0.15) is 11.5 Å². The third-order valence-electron chi connectivity index (χ3n) is 4.44. The molecule has 0 heterocycles. The number of benzene rings is 2.